The van der Waals surface area contributed by atoms with Crippen molar-refractivity contribution in [2.24, 2.45) is 28.8 Å². The van der Waals surface area contributed by atoms with Crippen molar-refractivity contribution >= 4 is 23.4 Å². The lowest BCUT2D eigenvalue weighted by Crippen LogP contribution is -2.70. The number of amides is 2. The second kappa shape index (κ2) is 24.5. The molecule has 6 aliphatic rings. The van der Waals surface area contributed by atoms with Crippen LogP contribution in [0.5, 0.6) is 34.5 Å². The number of oxime groups is 1. The molecule has 16 nitrogen and oxygen atoms in total. The first kappa shape index (κ1) is 52.1. The average Bonchev–Trinajstić information content (AvgIpc) is 4.13. The molecule has 16 heteroatoms. The number of benzene rings is 3. The highest BCUT2D eigenvalue weighted by molar-refractivity contribution is 6.03. The second-order valence-electron chi connectivity index (χ2n) is 20.2. The Hall–Kier alpha value is -5.81. The van der Waals surface area contributed by atoms with Gasteiger partial charge in [-0.3, -0.25) is 10.1 Å². The fourth-order valence-corrected chi connectivity index (χ4v) is 12.2. The summed E-state index contributed by atoms with van der Waals surface area (Å²) in [6.45, 7) is 5.26. The third-order valence-electron chi connectivity index (χ3n) is 15.6. The van der Waals surface area contributed by atoms with Gasteiger partial charge >= 0.3 is 6.09 Å². The van der Waals surface area contributed by atoms with Gasteiger partial charge in [-0.05, 0) is 116 Å². The molecule has 1 saturated heterocycles. The Morgan fingerprint density at radius 3 is 2.42 bits per heavy atom. The van der Waals surface area contributed by atoms with Crippen LogP contribution >= 0.6 is 0 Å². The Labute approximate surface area is 428 Å². The zero-order valence-corrected chi connectivity index (χ0v) is 42.4. The molecule has 7 atom stereocenters. The smallest absolute Gasteiger partial charge is 0.417 e. The highest BCUT2D eigenvalue weighted by Gasteiger charge is 2.65. The Balaban J connectivity index is 1.19. The van der Waals surface area contributed by atoms with Crippen LogP contribution in [-0.4, -0.2) is 98.4 Å². The number of unbranched alkanes of at least 4 members (excludes halogenated alkanes) is 2. The van der Waals surface area contributed by atoms with Crippen LogP contribution in [0.3, 0.4) is 0 Å². The average molecular weight is 1010 g/mol. The fourth-order valence-electron chi connectivity index (χ4n) is 12.2. The number of methoxy groups -OCH3 is 2. The Bertz CT molecular complexity index is 2450. The lowest BCUT2D eigenvalue weighted by molar-refractivity contribution is -0.258. The molecule has 3 fully saturated rings. The standard InChI is InChI=1S/C57H73N3O13/c1-4-28-70-57-51(60(52(63)25-19-37-13-5-6-14-37)35-38-18-23-48-50(30-38)69-36-68-48)34-46(59-73-53-17-9-12-29-67-53)43-31-39(15-7-10-26-61)42(16-8-11-27-62)54(55(43)57)44-32-41(21-24-47(44)72-57)71-56(64)58-45-22-20-40(65-2)33-49(45)66-3/h4,18,20-24,30-33,37,39,42,51,53-55,61-62H,1,5-17,19,25-29,34-36H2,2-3H3,(H,58,64)/t39-,42+,51-,53?,54+,55+,57+/m0/s1. The van der Waals surface area contributed by atoms with Crippen molar-refractivity contribution in [1.82, 2.24) is 4.90 Å². The zero-order valence-electron chi connectivity index (χ0n) is 42.4. The summed E-state index contributed by atoms with van der Waals surface area (Å²) in [6.07, 6.45) is 15.6. The van der Waals surface area contributed by atoms with Crippen molar-refractivity contribution in [3.05, 3.63) is 90.0 Å². The molecule has 0 bridgehead atoms. The third-order valence-corrected chi connectivity index (χ3v) is 15.6. The van der Waals surface area contributed by atoms with E-state index in [9.17, 15) is 15.0 Å². The van der Waals surface area contributed by atoms with E-state index in [4.69, 9.17) is 47.9 Å². The van der Waals surface area contributed by atoms with Crippen molar-refractivity contribution in [3.8, 4) is 34.5 Å². The highest BCUT2D eigenvalue weighted by Crippen LogP contribution is 2.62. The molecule has 3 aliphatic heterocycles. The molecule has 3 aliphatic carbocycles. The quantitative estimate of drug-likeness (QED) is 0.0464. The molecule has 3 aromatic carbocycles. The second-order valence-corrected chi connectivity index (χ2v) is 20.2. The predicted octanol–water partition coefficient (Wildman–Crippen LogP) is 10.2. The van der Waals surface area contributed by atoms with Gasteiger partial charge in [0.05, 0.1) is 44.8 Å². The SMILES string of the molecule is C=CCO[C@@]12Oc3ccc(OC(=O)Nc4ccc(OC)cc4OC)cc3[C@H]3[C@H](CCCCO)[C@@H](CCCCO)C=C(C(=NOC4CCCCO4)C[C@@H]1N(Cc1ccc4c(c1)OCO4)C(=O)CCC1CCCC1)[C@H]32. The van der Waals surface area contributed by atoms with Crippen molar-refractivity contribution in [2.75, 3.05) is 52.8 Å². The fraction of sp³-hybridized carbons (Fsp3) is 0.561. The van der Waals surface area contributed by atoms with E-state index in [1.54, 1.807) is 37.5 Å². The van der Waals surface area contributed by atoms with E-state index in [2.05, 4.69) is 18.0 Å². The molecule has 3 N–H and O–H groups in total. The number of carbonyl (C=O) groups excluding carboxylic acids is 2. The molecule has 0 spiro atoms. The van der Waals surface area contributed by atoms with Crippen molar-refractivity contribution in [2.45, 2.75) is 133 Å². The van der Waals surface area contributed by atoms with Crippen molar-refractivity contribution < 1.29 is 62.5 Å². The number of ether oxygens (including phenoxy) is 8. The molecular formula is C57H73N3O13. The number of rotatable bonds is 23. The summed E-state index contributed by atoms with van der Waals surface area (Å²) in [5, 5.41) is 28.1. The van der Waals surface area contributed by atoms with Gasteiger partial charge in [0.25, 0.3) is 0 Å². The van der Waals surface area contributed by atoms with Crippen LogP contribution < -0.4 is 33.7 Å². The minimum atomic E-state index is -1.49. The third kappa shape index (κ3) is 11.8. The maximum absolute atomic E-state index is 15.4. The number of nitrogens with zero attached hydrogens (tertiary/aromatic N) is 2. The molecule has 9 rings (SSSR count). The molecule has 0 aromatic heterocycles. The van der Waals surface area contributed by atoms with E-state index in [0.717, 1.165) is 74.5 Å². The number of allylic oxidation sites excluding steroid dienone is 1. The monoisotopic (exact) mass is 1010 g/mol. The van der Waals surface area contributed by atoms with Gasteiger partial charge in [-0.2, -0.15) is 0 Å². The molecule has 73 heavy (non-hydrogen) atoms. The molecule has 2 amide bonds. The number of aliphatic hydroxyl groups is 2. The van der Waals surface area contributed by atoms with E-state index in [1.165, 1.54) is 20.0 Å². The summed E-state index contributed by atoms with van der Waals surface area (Å²) in [7, 11) is 3.07. The normalized spacial score (nSPS) is 25.4. The van der Waals surface area contributed by atoms with E-state index in [1.807, 2.05) is 35.2 Å². The first-order valence-electron chi connectivity index (χ1n) is 26.5. The zero-order chi connectivity index (χ0) is 50.7. The van der Waals surface area contributed by atoms with Gasteiger partial charge in [0.1, 0.15) is 29.0 Å². The Morgan fingerprint density at radius 2 is 1.66 bits per heavy atom. The number of aliphatic hydroxyl groups excluding tert-OH is 2. The number of carbonyl (C=O) groups is 2. The minimum absolute atomic E-state index is 0.00887. The van der Waals surface area contributed by atoms with E-state index >= 15 is 4.79 Å². The van der Waals surface area contributed by atoms with Crippen LogP contribution in [0.25, 0.3) is 0 Å². The molecule has 0 radical (unpaired) electrons. The molecule has 3 aromatic rings. The van der Waals surface area contributed by atoms with Gasteiger partial charge in [-0.1, -0.05) is 61.9 Å². The topological polar surface area (TPSA) is 185 Å². The summed E-state index contributed by atoms with van der Waals surface area (Å²) in [5.41, 5.74) is 3.65. The predicted molar refractivity (Wildman–Crippen MR) is 273 cm³/mol. The van der Waals surface area contributed by atoms with Crippen molar-refractivity contribution in [1.29, 1.82) is 0 Å². The van der Waals surface area contributed by atoms with E-state index < -0.39 is 30.1 Å². The molecule has 394 valence electrons. The summed E-state index contributed by atoms with van der Waals surface area (Å²) in [4.78, 5) is 37.5. The maximum Gasteiger partial charge on any atom is 0.417 e. The number of hydrogen-bond acceptors (Lipinski definition) is 14. The van der Waals surface area contributed by atoms with Gasteiger partial charge in [-0.25, -0.2) is 4.79 Å². The number of hydrogen-bond donors (Lipinski definition) is 3. The Kier molecular flexibility index (Phi) is 17.5. The number of anilines is 1. The molecule has 2 saturated carbocycles. The minimum Gasteiger partial charge on any atom is -0.497 e. The van der Waals surface area contributed by atoms with Crippen LogP contribution in [0.15, 0.2) is 84.1 Å². The highest BCUT2D eigenvalue weighted by atomic mass is 16.8. The maximum atomic E-state index is 15.4. The summed E-state index contributed by atoms with van der Waals surface area (Å²) < 4.78 is 49.4. The number of nitrogens with one attached hydrogen (secondary N) is 1. The van der Waals surface area contributed by atoms with Gasteiger partial charge in [0.15, 0.2) is 11.5 Å². The van der Waals surface area contributed by atoms with Gasteiger partial charge < -0.3 is 57.8 Å². The lowest BCUT2D eigenvalue weighted by atomic mass is 9.55. The van der Waals surface area contributed by atoms with Crippen LogP contribution in [0.2, 0.25) is 0 Å². The Morgan fingerprint density at radius 1 is 0.877 bits per heavy atom. The summed E-state index contributed by atoms with van der Waals surface area (Å²) in [5.74, 6) is 1.05. The lowest BCUT2D eigenvalue weighted by Gasteiger charge is -2.60. The van der Waals surface area contributed by atoms with Crippen LogP contribution in [-0.2, 0) is 25.7 Å². The number of fused-ring (bicyclic) bond motifs is 3. The van der Waals surface area contributed by atoms with Gasteiger partial charge in [0.2, 0.25) is 24.8 Å². The van der Waals surface area contributed by atoms with Crippen molar-refractivity contribution in [3.63, 3.8) is 0 Å². The van der Waals surface area contributed by atoms with Crippen LogP contribution in [0, 0.1) is 23.7 Å². The van der Waals surface area contributed by atoms with E-state index in [0.29, 0.717) is 84.1 Å². The van der Waals surface area contributed by atoms with Gasteiger partial charge in [0, 0.05) is 56.6 Å². The van der Waals surface area contributed by atoms with Crippen LogP contribution in [0.1, 0.15) is 120 Å². The van der Waals surface area contributed by atoms with Crippen LogP contribution in [0.4, 0.5) is 10.5 Å². The molecular weight excluding hydrogens is 935 g/mol. The van der Waals surface area contributed by atoms with E-state index in [-0.39, 0.29) is 63.2 Å². The summed E-state index contributed by atoms with van der Waals surface area (Å²) >= 11 is 0. The largest absolute Gasteiger partial charge is 0.497 e. The van der Waals surface area contributed by atoms with Gasteiger partial charge in [-0.15, -0.1) is 6.58 Å². The first-order valence-corrected chi connectivity index (χ1v) is 26.5. The summed E-state index contributed by atoms with van der Waals surface area (Å²) in [6, 6.07) is 15.6. The molecule has 3 heterocycles. The molecule has 1 unspecified atom stereocenters. The first-order chi connectivity index (χ1) is 35.7.